The number of hydrogen-bond acceptors (Lipinski definition) is 4. The van der Waals surface area contributed by atoms with Crippen LogP contribution < -0.4 is 10.6 Å². The van der Waals surface area contributed by atoms with E-state index in [0.717, 1.165) is 24.1 Å². The largest absolute Gasteiger partial charge is 0.357 e. The van der Waals surface area contributed by atoms with Crippen LogP contribution in [0.2, 0.25) is 0 Å². The molecule has 2 heterocycles. The number of rotatable bonds is 7. The molecule has 0 aromatic carbocycles. The van der Waals surface area contributed by atoms with E-state index in [0.29, 0.717) is 18.5 Å². The summed E-state index contributed by atoms with van der Waals surface area (Å²) in [7, 11) is 0. The predicted octanol–water partition coefficient (Wildman–Crippen LogP) is 2.63. The quantitative estimate of drug-likeness (QED) is 0.593. The van der Waals surface area contributed by atoms with Gasteiger partial charge in [-0.15, -0.1) is 11.3 Å². The molecule has 1 aromatic rings. The monoisotopic (exact) mass is 337 g/mol. The van der Waals surface area contributed by atoms with Crippen LogP contribution in [0.5, 0.6) is 0 Å². The van der Waals surface area contributed by atoms with Crippen LogP contribution >= 0.6 is 11.3 Å². The number of nitrogens with zero attached hydrogens (tertiary/aromatic N) is 3. The molecule has 1 atom stereocenters. The Morgan fingerprint density at radius 2 is 2.09 bits per heavy atom. The fourth-order valence-electron chi connectivity index (χ4n) is 3.02. The van der Waals surface area contributed by atoms with Gasteiger partial charge < -0.3 is 10.6 Å². The van der Waals surface area contributed by atoms with Gasteiger partial charge in [-0.05, 0) is 45.7 Å². The maximum Gasteiger partial charge on any atom is 0.191 e. The van der Waals surface area contributed by atoms with Gasteiger partial charge in [-0.2, -0.15) is 0 Å². The van der Waals surface area contributed by atoms with Crippen molar-refractivity contribution in [3.8, 4) is 0 Å². The summed E-state index contributed by atoms with van der Waals surface area (Å²) < 4.78 is 0. The molecule has 23 heavy (non-hydrogen) atoms. The third kappa shape index (κ3) is 5.77. The molecular weight excluding hydrogens is 306 g/mol. The summed E-state index contributed by atoms with van der Waals surface area (Å²) in [6, 6.07) is 0.573. The van der Waals surface area contributed by atoms with Gasteiger partial charge in [0, 0.05) is 30.2 Å². The lowest BCUT2D eigenvalue weighted by Gasteiger charge is -2.31. The molecule has 1 aliphatic heterocycles. The Morgan fingerprint density at radius 3 is 2.65 bits per heavy atom. The summed E-state index contributed by atoms with van der Waals surface area (Å²) in [6.07, 6.45) is 4.58. The molecule has 1 fully saturated rings. The molecule has 5 nitrogen and oxygen atoms in total. The van der Waals surface area contributed by atoms with Crippen LogP contribution in [0, 0.1) is 12.8 Å². The van der Waals surface area contributed by atoms with Crippen molar-refractivity contribution in [1.82, 2.24) is 20.5 Å². The lowest BCUT2D eigenvalue weighted by atomic mass is 10.0. The van der Waals surface area contributed by atoms with E-state index < -0.39 is 0 Å². The standard InChI is InChI=1S/C17H31N5S/c1-5-18-17(21-12-16-19-10-14(4)23-16)20-11-15(13(2)3)22-8-6-7-9-22/h10,13,15H,5-9,11-12H2,1-4H3,(H2,18,20,21). The van der Waals surface area contributed by atoms with Crippen LogP contribution in [-0.2, 0) is 6.54 Å². The van der Waals surface area contributed by atoms with E-state index in [9.17, 15) is 0 Å². The third-order valence-electron chi connectivity index (χ3n) is 4.24. The molecule has 2 N–H and O–H groups in total. The maximum absolute atomic E-state index is 4.68. The van der Waals surface area contributed by atoms with E-state index in [-0.39, 0.29) is 0 Å². The van der Waals surface area contributed by atoms with Gasteiger partial charge in [0.25, 0.3) is 0 Å². The normalized spacial score (nSPS) is 17.7. The third-order valence-corrected chi connectivity index (χ3v) is 5.14. The molecule has 0 aliphatic carbocycles. The van der Waals surface area contributed by atoms with Crippen LogP contribution in [0.25, 0.3) is 0 Å². The fourth-order valence-corrected chi connectivity index (χ4v) is 3.74. The molecule has 1 aromatic heterocycles. The van der Waals surface area contributed by atoms with E-state index in [4.69, 9.17) is 0 Å². The number of aryl methyl sites for hydroxylation is 1. The van der Waals surface area contributed by atoms with Crippen LogP contribution in [0.15, 0.2) is 11.2 Å². The first-order chi connectivity index (χ1) is 11.1. The number of hydrogen-bond donors (Lipinski definition) is 2. The van der Waals surface area contributed by atoms with E-state index in [1.165, 1.54) is 30.8 Å². The average molecular weight is 338 g/mol. The highest BCUT2D eigenvalue weighted by Gasteiger charge is 2.24. The lowest BCUT2D eigenvalue weighted by Crippen LogP contribution is -2.48. The number of nitrogens with one attached hydrogen (secondary N) is 2. The van der Waals surface area contributed by atoms with Crippen molar-refractivity contribution >= 4 is 17.3 Å². The van der Waals surface area contributed by atoms with Crippen molar-refractivity contribution in [2.45, 2.75) is 53.1 Å². The summed E-state index contributed by atoms with van der Waals surface area (Å²) in [5, 5.41) is 7.94. The first-order valence-electron chi connectivity index (χ1n) is 8.77. The topological polar surface area (TPSA) is 52.6 Å². The van der Waals surface area contributed by atoms with Crippen molar-refractivity contribution < 1.29 is 0 Å². The molecular formula is C17H31N5S. The van der Waals surface area contributed by atoms with Crippen molar-refractivity contribution in [3.05, 3.63) is 16.1 Å². The zero-order valence-electron chi connectivity index (χ0n) is 14.9. The van der Waals surface area contributed by atoms with Gasteiger partial charge in [0.15, 0.2) is 5.96 Å². The minimum absolute atomic E-state index is 0.573. The molecule has 0 radical (unpaired) electrons. The first kappa shape index (κ1) is 18.2. The molecule has 0 spiro atoms. The van der Waals surface area contributed by atoms with Crippen molar-refractivity contribution in [3.63, 3.8) is 0 Å². The highest BCUT2D eigenvalue weighted by molar-refractivity contribution is 7.11. The van der Waals surface area contributed by atoms with Gasteiger partial charge in [0.2, 0.25) is 0 Å². The smallest absolute Gasteiger partial charge is 0.191 e. The lowest BCUT2D eigenvalue weighted by molar-refractivity contribution is 0.192. The Kier molecular flexibility index (Phi) is 7.30. The fraction of sp³-hybridized carbons (Fsp3) is 0.765. The van der Waals surface area contributed by atoms with Gasteiger partial charge >= 0.3 is 0 Å². The summed E-state index contributed by atoms with van der Waals surface area (Å²) in [5.41, 5.74) is 0. The van der Waals surface area contributed by atoms with Crippen molar-refractivity contribution in [2.75, 3.05) is 26.2 Å². The SMILES string of the molecule is CCNC(=NCc1ncc(C)s1)NCC(C(C)C)N1CCCC1. The molecule has 1 aliphatic rings. The molecule has 130 valence electrons. The van der Waals surface area contributed by atoms with E-state index in [1.807, 2.05) is 6.20 Å². The number of guanidine groups is 1. The number of aromatic nitrogens is 1. The number of thiazole rings is 1. The van der Waals surface area contributed by atoms with Gasteiger partial charge in [-0.25, -0.2) is 9.98 Å². The molecule has 6 heteroatoms. The maximum atomic E-state index is 4.68. The van der Waals surface area contributed by atoms with Crippen LogP contribution in [0.3, 0.4) is 0 Å². The average Bonchev–Trinajstić information content (AvgIpc) is 3.16. The summed E-state index contributed by atoms with van der Waals surface area (Å²) in [4.78, 5) is 12.9. The van der Waals surface area contributed by atoms with Crippen molar-refractivity contribution in [2.24, 2.45) is 10.9 Å². The van der Waals surface area contributed by atoms with Crippen molar-refractivity contribution in [1.29, 1.82) is 0 Å². The summed E-state index contributed by atoms with van der Waals surface area (Å²) in [6.45, 7) is 13.7. The van der Waals surface area contributed by atoms with Gasteiger partial charge in [-0.1, -0.05) is 13.8 Å². The minimum Gasteiger partial charge on any atom is -0.357 e. The Hall–Kier alpha value is -1.14. The van der Waals surface area contributed by atoms with E-state index in [1.54, 1.807) is 11.3 Å². The first-order valence-corrected chi connectivity index (χ1v) is 9.59. The van der Waals surface area contributed by atoms with Gasteiger partial charge in [0.05, 0.1) is 6.54 Å². The zero-order chi connectivity index (χ0) is 16.7. The molecule has 1 saturated heterocycles. The second-order valence-corrected chi connectivity index (χ2v) is 7.81. The molecule has 0 amide bonds. The van der Waals surface area contributed by atoms with E-state index >= 15 is 0 Å². The molecule has 0 bridgehead atoms. The van der Waals surface area contributed by atoms with Gasteiger partial charge in [-0.3, -0.25) is 4.90 Å². The predicted molar refractivity (Wildman–Crippen MR) is 99.1 cm³/mol. The Labute approximate surface area is 144 Å². The number of aliphatic imine (C=N–C) groups is 1. The Morgan fingerprint density at radius 1 is 1.35 bits per heavy atom. The minimum atomic E-state index is 0.573. The molecule has 1 unspecified atom stereocenters. The molecule has 2 rings (SSSR count). The van der Waals surface area contributed by atoms with Crippen LogP contribution in [0.4, 0.5) is 0 Å². The summed E-state index contributed by atoms with van der Waals surface area (Å²) >= 11 is 1.72. The molecule has 0 saturated carbocycles. The highest BCUT2D eigenvalue weighted by atomic mass is 32.1. The second-order valence-electron chi connectivity index (χ2n) is 6.50. The highest BCUT2D eigenvalue weighted by Crippen LogP contribution is 2.17. The Bertz CT molecular complexity index is 491. The van der Waals surface area contributed by atoms with E-state index in [2.05, 4.69) is 53.2 Å². The van der Waals surface area contributed by atoms with Crippen LogP contribution in [-0.4, -0.2) is 48.1 Å². The summed E-state index contributed by atoms with van der Waals surface area (Å²) in [5.74, 6) is 1.54. The zero-order valence-corrected chi connectivity index (χ0v) is 15.7. The Balaban J connectivity index is 1.91. The van der Waals surface area contributed by atoms with Crippen LogP contribution in [0.1, 0.15) is 43.5 Å². The number of likely N-dealkylation sites (tertiary alicyclic amines) is 1. The second kappa shape index (κ2) is 9.23. The van der Waals surface area contributed by atoms with Gasteiger partial charge in [0.1, 0.15) is 5.01 Å².